The van der Waals surface area contributed by atoms with E-state index in [1.165, 1.54) is 0 Å². The molecule has 2 saturated heterocycles. The van der Waals surface area contributed by atoms with Gasteiger partial charge in [0, 0.05) is 19.0 Å². The number of nitrogens with zero attached hydrogens (tertiary/aromatic N) is 1. The van der Waals surface area contributed by atoms with E-state index in [4.69, 9.17) is 14.2 Å². The number of likely N-dealkylation sites (tertiary alicyclic amines) is 1. The molecule has 0 radical (unpaired) electrons. The first-order chi connectivity index (χ1) is 11.5. The summed E-state index contributed by atoms with van der Waals surface area (Å²) in [7, 11) is 0. The molecule has 0 saturated carbocycles. The van der Waals surface area contributed by atoms with Crippen molar-refractivity contribution in [3.8, 4) is 11.5 Å². The Bertz CT molecular complexity index is 698. The summed E-state index contributed by atoms with van der Waals surface area (Å²) >= 11 is 0. The minimum atomic E-state index is -0.886. The molecule has 2 atom stereocenters. The molecule has 1 aromatic carbocycles. The van der Waals surface area contributed by atoms with E-state index in [-0.39, 0.29) is 25.2 Å². The summed E-state index contributed by atoms with van der Waals surface area (Å²) in [5.41, 5.74) is 0.337. The summed E-state index contributed by atoms with van der Waals surface area (Å²) in [6.45, 7) is 3.45. The number of hydrogen-bond donors (Lipinski definition) is 1. The highest BCUT2D eigenvalue weighted by Gasteiger charge is 2.48. The van der Waals surface area contributed by atoms with Crippen LogP contribution in [0.15, 0.2) is 18.2 Å². The minimum absolute atomic E-state index is 0.0248. The number of carboxylic acids is 1. The molecular weight excluding hydrogens is 314 g/mol. The van der Waals surface area contributed by atoms with Gasteiger partial charge in [-0.2, -0.15) is 0 Å². The number of benzene rings is 1. The average Bonchev–Trinajstić information content (AvgIpc) is 3.17. The van der Waals surface area contributed by atoms with E-state index in [0.29, 0.717) is 31.3 Å². The summed E-state index contributed by atoms with van der Waals surface area (Å²) in [6, 6.07) is 5.48. The first-order valence-electron chi connectivity index (χ1n) is 7.97. The lowest BCUT2D eigenvalue weighted by Gasteiger charge is -2.39. The van der Waals surface area contributed by atoms with Gasteiger partial charge in [-0.15, -0.1) is 0 Å². The molecule has 7 nitrogen and oxygen atoms in total. The molecule has 0 aromatic heterocycles. The molecule has 0 spiro atoms. The van der Waals surface area contributed by atoms with E-state index in [9.17, 15) is 14.7 Å². The minimum Gasteiger partial charge on any atom is -0.481 e. The number of carboxylic acid groups (broad SMARTS) is 1. The van der Waals surface area contributed by atoms with Crippen LogP contribution in [0.2, 0.25) is 0 Å². The topological polar surface area (TPSA) is 85.3 Å². The fourth-order valence-electron chi connectivity index (χ4n) is 3.61. The SMILES string of the molecule is CC1(C(=O)N2C[C@@H](C(=O)O)[C@H](c3ccc4c(c3)OCO4)C2)COC1. The lowest BCUT2D eigenvalue weighted by molar-refractivity contribution is -0.167. The van der Waals surface area contributed by atoms with Gasteiger partial charge < -0.3 is 24.2 Å². The van der Waals surface area contributed by atoms with Crippen molar-refractivity contribution < 1.29 is 28.9 Å². The predicted octanol–water partition coefficient (Wildman–Crippen LogP) is 1.08. The highest BCUT2D eigenvalue weighted by Crippen LogP contribution is 2.41. The van der Waals surface area contributed by atoms with Gasteiger partial charge in [0.15, 0.2) is 11.5 Å². The maximum absolute atomic E-state index is 12.7. The second kappa shape index (κ2) is 5.37. The Balaban J connectivity index is 1.59. The lowest BCUT2D eigenvalue weighted by atomic mass is 9.87. The second-order valence-corrected chi connectivity index (χ2v) is 6.93. The molecule has 3 aliphatic rings. The molecule has 0 bridgehead atoms. The van der Waals surface area contributed by atoms with Gasteiger partial charge in [-0.05, 0) is 24.6 Å². The number of aliphatic carboxylic acids is 1. The van der Waals surface area contributed by atoms with Crippen molar-refractivity contribution in [3.63, 3.8) is 0 Å². The van der Waals surface area contributed by atoms with Gasteiger partial charge in [-0.25, -0.2) is 0 Å². The van der Waals surface area contributed by atoms with E-state index in [1.54, 1.807) is 11.0 Å². The predicted molar refractivity (Wildman–Crippen MR) is 81.9 cm³/mol. The number of carbonyl (C=O) groups is 2. The zero-order chi connectivity index (χ0) is 16.9. The van der Waals surface area contributed by atoms with E-state index in [0.717, 1.165) is 5.56 Å². The van der Waals surface area contributed by atoms with E-state index in [2.05, 4.69) is 0 Å². The van der Waals surface area contributed by atoms with Crippen LogP contribution in [0.25, 0.3) is 0 Å². The van der Waals surface area contributed by atoms with Crippen molar-refractivity contribution in [2.75, 3.05) is 33.1 Å². The third kappa shape index (κ3) is 2.31. The van der Waals surface area contributed by atoms with Gasteiger partial charge in [0.2, 0.25) is 12.7 Å². The van der Waals surface area contributed by atoms with Crippen molar-refractivity contribution in [3.05, 3.63) is 23.8 Å². The maximum Gasteiger partial charge on any atom is 0.308 e. The molecule has 1 amide bonds. The Morgan fingerprint density at radius 1 is 1.21 bits per heavy atom. The fraction of sp³-hybridized carbons (Fsp3) is 0.529. The molecule has 7 heteroatoms. The van der Waals surface area contributed by atoms with Crippen LogP contribution in [0.4, 0.5) is 0 Å². The quantitative estimate of drug-likeness (QED) is 0.891. The smallest absolute Gasteiger partial charge is 0.308 e. The number of amides is 1. The zero-order valence-corrected chi connectivity index (χ0v) is 13.4. The third-order valence-corrected chi connectivity index (χ3v) is 5.11. The van der Waals surface area contributed by atoms with Crippen molar-refractivity contribution in [1.82, 2.24) is 4.90 Å². The molecule has 3 aliphatic heterocycles. The van der Waals surface area contributed by atoms with Crippen LogP contribution in [-0.4, -0.2) is 55.0 Å². The standard InChI is InChI=1S/C17H19NO6/c1-17(7-22-8-17)16(21)18-5-11(12(6-18)15(19)20)10-2-3-13-14(4-10)24-9-23-13/h2-4,11-12H,5-9H2,1H3,(H,19,20)/t11-,12+/m0/s1. The zero-order valence-electron chi connectivity index (χ0n) is 13.4. The molecule has 0 unspecified atom stereocenters. The van der Waals surface area contributed by atoms with Gasteiger partial charge >= 0.3 is 5.97 Å². The number of ether oxygens (including phenoxy) is 3. The fourth-order valence-corrected chi connectivity index (χ4v) is 3.61. The van der Waals surface area contributed by atoms with Gasteiger partial charge in [-0.1, -0.05) is 6.07 Å². The van der Waals surface area contributed by atoms with Gasteiger partial charge in [0.05, 0.1) is 24.5 Å². The molecule has 128 valence electrons. The van der Waals surface area contributed by atoms with Crippen molar-refractivity contribution in [2.45, 2.75) is 12.8 Å². The number of hydrogen-bond acceptors (Lipinski definition) is 5. The Labute approximate surface area is 139 Å². The van der Waals surface area contributed by atoms with Crippen LogP contribution in [0.5, 0.6) is 11.5 Å². The normalized spacial score (nSPS) is 27.0. The monoisotopic (exact) mass is 333 g/mol. The van der Waals surface area contributed by atoms with Crippen LogP contribution in [0.1, 0.15) is 18.4 Å². The number of rotatable bonds is 3. The molecule has 1 aromatic rings. The molecule has 24 heavy (non-hydrogen) atoms. The van der Waals surface area contributed by atoms with E-state index in [1.807, 2.05) is 19.1 Å². The Morgan fingerprint density at radius 3 is 2.62 bits per heavy atom. The second-order valence-electron chi connectivity index (χ2n) is 6.93. The molecule has 3 heterocycles. The summed E-state index contributed by atoms with van der Waals surface area (Å²) in [5, 5.41) is 9.59. The number of carbonyl (C=O) groups excluding carboxylic acids is 1. The first kappa shape index (κ1) is 15.3. The molecule has 4 rings (SSSR count). The highest BCUT2D eigenvalue weighted by molar-refractivity contribution is 5.85. The summed E-state index contributed by atoms with van der Waals surface area (Å²) in [4.78, 5) is 26.1. The molecule has 2 fully saturated rings. The van der Waals surface area contributed by atoms with Crippen LogP contribution >= 0.6 is 0 Å². The van der Waals surface area contributed by atoms with Crippen LogP contribution in [-0.2, 0) is 14.3 Å². The number of fused-ring (bicyclic) bond motifs is 1. The van der Waals surface area contributed by atoms with Gasteiger partial charge in [0.1, 0.15) is 0 Å². The summed E-state index contributed by atoms with van der Waals surface area (Å²) < 4.78 is 15.8. The summed E-state index contributed by atoms with van der Waals surface area (Å²) in [6.07, 6.45) is 0. The van der Waals surface area contributed by atoms with Gasteiger partial charge in [-0.3, -0.25) is 9.59 Å². The van der Waals surface area contributed by atoms with Crippen molar-refractivity contribution >= 4 is 11.9 Å². The van der Waals surface area contributed by atoms with Crippen molar-refractivity contribution in [1.29, 1.82) is 0 Å². The Morgan fingerprint density at radius 2 is 1.96 bits per heavy atom. The van der Waals surface area contributed by atoms with E-state index < -0.39 is 17.3 Å². The Kier molecular flexibility index (Phi) is 3.42. The largest absolute Gasteiger partial charge is 0.481 e. The Hall–Kier alpha value is -2.28. The molecular formula is C17H19NO6. The third-order valence-electron chi connectivity index (χ3n) is 5.11. The van der Waals surface area contributed by atoms with Gasteiger partial charge in [0.25, 0.3) is 0 Å². The van der Waals surface area contributed by atoms with Crippen LogP contribution in [0, 0.1) is 11.3 Å². The maximum atomic E-state index is 12.7. The lowest BCUT2D eigenvalue weighted by Crippen LogP contribution is -2.53. The first-order valence-corrected chi connectivity index (χ1v) is 7.97. The highest BCUT2D eigenvalue weighted by atomic mass is 16.7. The molecule has 1 N–H and O–H groups in total. The summed E-state index contributed by atoms with van der Waals surface area (Å²) in [5.74, 6) is -0.507. The van der Waals surface area contributed by atoms with E-state index >= 15 is 0 Å². The van der Waals surface area contributed by atoms with Crippen molar-refractivity contribution in [2.24, 2.45) is 11.3 Å². The molecule has 0 aliphatic carbocycles. The van der Waals surface area contributed by atoms with Crippen LogP contribution in [0.3, 0.4) is 0 Å². The average molecular weight is 333 g/mol. The van der Waals surface area contributed by atoms with Crippen LogP contribution < -0.4 is 9.47 Å².